The van der Waals surface area contributed by atoms with Gasteiger partial charge in [-0.15, -0.1) is 0 Å². The average Bonchev–Trinajstić information content (AvgIpc) is 3.59. The van der Waals surface area contributed by atoms with Crippen molar-refractivity contribution in [2.75, 3.05) is 0 Å². The number of hydrogen-bond acceptors (Lipinski definition) is 2. The number of para-hydroxylation sites is 1. The highest BCUT2D eigenvalue weighted by atomic mass is 15.0. The van der Waals surface area contributed by atoms with Crippen LogP contribution in [0.4, 0.5) is 0 Å². The van der Waals surface area contributed by atoms with E-state index in [2.05, 4.69) is 180 Å². The molecule has 0 aliphatic carbocycles. The molecule has 10 aromatic rings. The predicted octanol–water partition coefficient (Wildman–Crippen LogP) is 13.1. The Labute approximate surface area is 308 Å². The highest BCUT2D eigenvalue weighted by molar-refractivity contribution is 6.18. The van der Waals surface area contributed by atoms with Gasteiger partial charge in [-0.1, -0.05) is 164 Å². The Kier molecular flexibility index (Phi) is 7.47. The second kappa shape index (κ2) is 12.9. The molecule has 0 saturated heterocycles. The van der Waals surface area contributed by atoms with Gasteiger partial charge in [0.1, 0.15) is 0 Å². The summed E-state index contributed by atoms with van der Waals surface area (Å²) in [5.74, 6) is 0.708. The van der Waals surface area contributed by atoms with Gasteiger partial charge in [0.05, 0.1) is 22.4 Å². The van der Waals surface area contributed by atoms with Gasteiger partial charge in [-0.05, 0) is 64.0 Å². The molecule has 0 saturated carbocycles. The molecule has 0 amide bonds. The number of aromatic nitrogens is 3. The van der Waals surface area contributed by atoms with Crippen molar-refractivity contribution in [3.05, 3.63) is 200 Å². The lowest BCUT2D eigenvalue weighted by Crippen LogP contribution is -1.97. The van der Waals surface area contributed by atoms with E-state index in [1.165, 1.54) is 38.1 Å². The standard InChI is InChI=1S/C50H33N3/c1-4-15-34(16-5-1)40-30-41(32-42(31-40)53-48-26-13-12-25-44(48)45-28-27-35-17-10-11-24-43(35)49(45)53)38-22-14-23-39(29-38)47-33-46(36-18-6-2-7-19-36)51-50(52-47)37-20-8-3-9-21-37/h1-33H. The molecular formula is C50H33N3. The first-order chi connectivity index (χ1) is 26.3. The van der Waals surface area contributed by atoms with Gasteiger partial charge < -0.3 is 4.57 Å². The molecule has 2 aromatic heterocycles. The molecule has 3 nitrogen and oxygen atoms in total. The van der Waals surface area contributed by atoms with Crippen LogP contribution in [0.1, 0.15) is 0 Å². The number of nitrogens with zero attached hydrogens (tertiary/aromatic N) is 3. The maximum atomic E-state index is 5.14. The van der Waals surface area contributed by atoms with Crippen LogP contribution in [0.5, 0.6) is 0 Å². The van der Waals surface area contributed by atoms with E-state index in [1.54, 1.807) is 0 Å². The van der Waals surface area contributed by atoms with E-state index >= 15 is 0 Å². The molecule has 0 unspecified atom stereocenters. The Morgan fingerprint density at radius 2 is 0.868 bits per heavy atom. The van der Waals surface area contributed by atoms with E-state index in [-0.39, 0.29) is 0 Å². The highest BCUT2D eigenvalue weighted by Crippen LogP contribution is 2.39. The molecular weight excluding hydrogens is 643 g/mol. The van der Waals surface area contributed by atoms with Crippen LogP contribution in [-0.4, -0.2) is 14.5 Å². The van der Waals surface area contributed by atoms with Gasteiger partial charge in [-0.3, -0.25) is 0 Å². The molecule has 0 radical (unpaired) electrons. The first kappa shape index (κ1) is 30.7. The van der Waals surface area contributed by atoms with Crippen LogP contribution < -0.4 is 0 Å². The minimum Gasteiger partial charge on any atom is -0.309 e. The van der Waals surface area contributed by atoms with E-state index in [9.17, 15) is 0 Å². The SMILES string of the molecule is c1ccc(-c2cc(-c3cccc(-c4cc(-c5ccccc5)nc(-c5ccccc5)n4)c3)cc(-n3c4ccccc4c4ccc5ccccc5c43)c2)cc1. The van der Waals surface area contributed by atoms with Crippen LogP contribution >= 0.6 is 0 Å². The Morgan fingerprint density at radius 3 is 1.62 bits per heavy atom. The molecule has 248 valence electrons. The zero-order chi connectivity index (χ0) is 35.1. The van der Waals surface area contributed by atoms with Crippen molar-refractivity contribution in [1.29, 1.82) is 0 Å². The summed E-state index contributed by atoms with van der Waals surface area (Å²) in [6.07, 6.45) is 0. The van der Waals surface area contributed by atoms with Gasteiger partial charge in [0.25, 0.3) is 0 Å². The van der Waals surface area contributed by atoms with Crippen LogP contribution in [0.3, 0.4) is 0 Å². The topological polar surface area (TPSA) is 30.7 Å². The highest BCUT2D eigenvalue weighted by Gasteiger charge is 2.17. The van der Waals surface area contributed by atoms with Crippen LogP contribution in [0.2, 0.25) is 0 Å². The second-order valence-electron chi connectivity index (χ2n) is 13.4. The molecule has 0 aliphatic rings. The molecule has 0 fully saturated rings. The Balaban J connectivity index is 1.19. The van der Waals surface area contributed by atoms with Gasteiger partial charge in [0, 0.05) is 38.5 Å². The van der Waals surface area contributed by atoms with Crippen LogP contribution in [0.15, 0.2) is 200 Å². The fourth-order valence-electron chi connectivity index (χ4n) is 7.63. The van der Waals surface area contributed by atoms with E-state index in [4.69, 9.17) is 9.97 Å². The lowest BCUT2D eigenvalue weighted by Gasteiger charge is -2.15. The molecule has 0 bridgehead atoms. The summed E-state index contributed by atoms with van der Waals surface area (Å²) in [5, 5.41) is 4.96. The largest absolute Gasteiger partial charge is 0.309 e. The second-order valence-corrected chi connectivity index (χ2v) is 13.4. The Hall–Kier alpha value is -7.10. The molecule has 3 heteroatoms. The van der Waals surface area contributed by atoms with Gasteiger partial charge in [-0.25, -0.2) is 9.97 Å². The first-order valence-corrected chi connectivity index (χ1v) is 18.0. The fraction of sp³-hybridized carbons (Fsp3) is 0. The maximum Gasteiger partial charge on any atom is 0.160 e. The number of fused-ring (bicyclic) bond motifs is 5. The third-order valence-corrected chi connectivity index (χ3v) is 10.2. The molecule has 0 spiro atoms. The van der Waals surface area contributed by atoms with Crippen molar-refractivity contribution >= 4 is 32.6 Å². The monoisotopic (exact) mass is 675 g/mol. The smallest absolute Gasteiger partial charge is 0.160 e. The summed E-state index contributed by atoms with van der Waals surface area (Å²) in [6, 6.07) is 71.1. The van der Waals surface area contributed by atoms with Crippen molar-refractivity contribution in [2.45, 2.75) is 0 Å². The molecule has 0 aliphatic heterocycles. The number of benzene rings is 8. The Morgan fingerprint density at radius 1 is 0.321 bits per heavy atom. The van der Waals surface area contributed by atoms with Crippen LogP contribution in [0, 0.1) is 0 Å². The molecule has 0 atom stereocenters. The van der Waals surface area contributed by atoms with Gasteiger partial charge in [0.2, 0.25) is 0 Å². The fourth-order valence-corrected chi connectivity index (χ4v) is 7.63. The van der Waals surface area contributed by atoms with E-state index in [1.807, 2.05) is 24.3 Å². The zero-order valence-corrected chi connectivity index (χ0v) is 28.9. The van der Waals surface area contributed by atoms with E-state index < -0.39 is 0 Å². The maximum absolute atomic E-state index is 5.14. The molecule has 10 rings (SSSR count). The Bertz CT molecular complexity index is 2870. The minimum atomic E-state index is 0.708. The average molecular weight is 676 g/mol. The third-order valence-electron chi connectivity index (χ3n) is 10.2. The third kappa shape index (κ3) is 5.56. The van der Waals surface area contributed by atoms with Crippen LogP contribution in [0.25, 0.3) is 94.4 Å². The summed E-state index contributed by atoms with van der Waals surface area (Å²) in [4.78, 5) is 10.2. The van der Waals surface area contributed by atoms with Crippen molar-refractivity contribution in [1.82, 2.24) is 14.5 Å². The number of rotatable bonds is 6. The summed E-state index contributed by atoms with van der Waals surface area (Å²) >= 11 is 0. The van der Waals surface area contributed by atoms with Crippen LogP contribution in [-0.2, 0) is 0 Å². The van der Waals surface area contributed by atoms with E-state index in [0.717, 1.165) is 50.5 Å². The van der Waals surface area contributed by atoms with Gasteiger partial charge in [-0.2, -0.15) is 0 Å². The van der Waals surface area contributed by atoms with Crippen molar-refractivity contribution in [2.24, 2.45) is 0 Å². The predicted molar refractivity (Wildman–Crippen MR) is 221 cm³/mol. The molecule has 0 N–H and O–H groups in total. The van der Waals surface area contributed by atoms with Crippen molar-refractivity contribution < 1.29 is 0 Å². The van der Waals surface area contributed by atoms with Gasteiger partial charge in [0.15, 0.2) is 5.82 Å². The lowest BCUT2D eigenvalue weighted by atomic mass is 9.96. The van der Waals surface area contributed by atoms with E-state index in [0.29, 0.717) is 5.82 Å². The molecule has 2 heterocycles. The lowest BCUT2D eigenvalue weighted by molar-refractivity contribution is 1.18. The summed E-state index contributed by atoms with van der Waals surface area (Å²) in [5.41, 5.74) is 13.0. The number of hydrogen-bond donors (Lipinski definition) is 0. The summed E-state index contributed by atoms with van der Waals surface area (Å²) in [6.45, 7) is 0. The first-order valence-electron chi connectivity index (χ1n) is 18.0. The zero-order valence-electron chi connectivity index (χ0n) is 28.9. The normalized spacial score (nSPS) is 11.4. The summed E-state index contributed by atoms with van der Waals surface area (Å²) < 4.78 is 2.45. The molecule has 8 aromatic carbocycles. The van der Waals surface area contributed by atoms with Crippen molar-refractivity contribution in [3.8, 4) is 61.8 Å². The summed E-state index contributed by atoms with van der Waals surface area (Å²) in [7, 11) is 0. The minimum absolute atomic E-state index is 0.708. The van der Waals surface area contributed by atoms with Crippen molar-refractivity contribution in [3.63, 3.8) is 0 Å². The van der Waals surface area contributed by atoms with Gasteiger partial charge >= 0.3 is 0 Å². The molecule has 53 heavy (non-hydrogen) atoms. The quantitative estimate of drug-likeness (QED) is 0.176.